The van der Waals surface area contributed by atoms with E-state index in [0.29, 0.717) is 6.10 Å². The Labute approximate surface area is 170 Å². The molecule has 156 valence electrons. The summed E-state index contributed by atoms with van der Waals surface area (Å²) in [6.45, 7) is 10.6. The number of ether oxygens (including phenoxy) is 1. The summed E-state index contributed by atoms with van der Waals surface area (Å²) in [7, 11) is 1.83. The summed E-state index contributed by atoms with van der Waals surface area (Å²) in [4.78, 5) is 9.41. The van der Waals surface area contributed by atoms with E-state index >= 15 is 0 Å². The highest BCUT2D eigenvalue weighted by Gasteiger charge is 2.17. The van der Waals surface area contributed by atoms with Crippen LogP contribution in [0.5, 0.6) is 0 Å². The van der Waals surface area contributed by atoms with Crippen LogP contribution in [0.3, 0.4) is 0 Å². The van der Waals surface area contributed by atoms with E-state index in [1.165, 1.54) is 37.1 Å². The van der Waals surface area contributed by atoms with E-state index in [9.17, 15) is 0 Å². The molecular weight excluding hydrogens is 350 g/mol. The van der Waals surface area contributed by atoms with E-state index in [2.05, 4.69) is 56.6 Å². The van der Waals surface area contributed by atoms with Crippen molar-refractivity contribution in [1.29, 1.82) is 0 Å². The molecule has 1 unspecified atom stereocenters. The SMILES string of the molecule is CN=C(NCCCCN1CCN(c2cccc(C)c2)CC1)NCC1CCCO1. The molecule has 6 nitrogen and oxygen atoms in total. The van der Waals surface area contributed by atoms with Gasteiger partial charge in [0.2, 0.25) is 0 Å². The number of rotatable bonds is 8. The summed E-state index contributed by atoms with van der Waals surface area (Å²) in [5, 5.41) is 6.80. The van der Waals surface area contributed by atoms with E-state index in [-0.39, 0.29) is 0 Å². The van der Waals surface area contributed by atoms with Gasteiger partial charge in [-0.1, -0.05) is 12.1 Å². The van der Waals surface area contributed by atoms with Crippen LogP contribution in [0.15, 0.2) is 29.3 Å². The predicted octanol–water partition coefficient (Wildman–Crippen LogP) is 2.24. The van der Waals surface area contributed by atoms with Gasteiger partial charge in [-0.15, -0.1) is 0 Å². The molecule has 2 saturated heterocycles. The number of aliphatic imine (C=N–C) groups is 1. The van der Waals surface area contributed by atoms with Gasteiger partial charge < -0.3 is 20.3 Å². The molecule has 1 aromatic rings. The van der Waals surface area contributed by atoms with Gasteiger partial charge in [-0.05, 0) is 56.8 Å². The summed E-state index contributed by atoms with van der Waals surface area (Å²) in [5.74, 6) is 0.891. The van der Waals surface area contributed by atoms with Crippen molar-refractivity contribution in [3.05, 3.63) is 29.8 Å². The van der Waals surface area contributed by atoms with E-state index in [1.54, 1.807) is 0 Å². The molecule has 0 spiro atoms. The number of nitrogens with zero attached hydrogens (tertiary/aromatic N) is 3. The number of benzene rings is 1. The highest BCUT2D eigenvalue weighted by atomic mass is 16.5. The van der Waals surface area contributed by atoms with Crippen molar-refractivity contribution >= 4 is 11.6 Å². The topological polar surface area (TPSA) is 52.1 Å². The second-order valence-corrected chi connectivity index (χ2v) is 7.89. The number of hydrogen-bond donors (Lipinski definition) is 2. The monoisotopic (exact) mass is 387 g/mol. The smallest absolute Gasteiger partial charge is 0.191 e. The van der Waals surface area contributed by atoms with E-state index < -0.39 is 0 Å². The number of unbranched alkanes of at least 4 members (excludes halogenated alkanes) is 1. The molecule has 0 radical (unpaired) electrons. The first-order valence-electron chi connectivity index (χ1n) is 10.8. The Morgan fingerprint density at radius 1 is 1.18 bits per heavy atom. The van der Waals surface area contributed by atoms with Gasteiger partial charge in [0.05, 0.1) is 6.10 Å². The lowest BCUT2D eigenvalue weighted by atomic mass is 10.2. The van der Waals surface area contributed by atoms with E-state index in [0.717, 1.165) is 58.3 Å². The highest BCUT2D eigenvalue weighted by molar-refractivity contribution is 5.79. The van der Waals surface area contributed by atoms with Gasteiger partial charge >= 0.3 is 0 Å². The van der Waals surface area contributed by atoms with Gasteiger partial charge in [-0.25, -0.2) is 0 Å². The molecule has 2 aliphatic heterocycles. The first kappa shape index (κ1) is 20.9. The summed E-state index contributed by atoms with van der Waals surface area (Å²) in [6.07, 6.45) is 5.06. The summed E-state index contributed by atoms with van der Waals surface area (Å²) >= 11 is 0. The molecule has 0 aliphatic carbocycles. The molecule has 2 aliphatic rings. The fourth-order valence-corrected chi connectivity index (χ4v) is 3.96. The van der Waals surface area contributed by atoms with Crippen LogP contribution >= 0.6 is 0 Å². The van der Waals surface area contributed by atoms with Gasteiger partial charge in [0.25, 0.3) is 0 Å². The summed E-state index contributed by atoms with van der Waals surface area (Å²) in [5.41, 5.74) is 2.71. The zero-order valence-corrected chi connectivity index (χ0v) is 17.6. The molecule has 0 amide bonds. The average Bonchev–Trinajstić information content (AvgIpc) is 3.24. The Balaban J connectivity index is 1.24. The van der Waals surface area contributed by atoms with Crippen LogP contribution in [-0.4, -0.2) is 76.4 Å². The minimum Gasteiger partial charge on any atom is -0.376 e. The Bertz CT molecular complexity index is 607. The Kier molecular flexibility index (Phi) is 8.42. The standard InChI is InChI=1S/C22H37N5O/c1-19-7-5-8-20(17-19)27-14-12-26(13-15-27)11-4-3-10-24-22(23-2)25-18-21-9-6-16-28-21/h5,7-8,17,21H,3-4,6,9-16,18H2,1-2H3,(H2,23,24,25). The third-order valence-corrected chi connectivity index (χ3v) is 5.68. The lowest BCUT2D eigenvalue weighted by molar-refractivity contribution is 0.114. The van der Waals surface area contributed by atoms with Gasteiger partial charge in [0.1, 0.15) is 0 Å². The quantitative estimate of drug-likeness (QED) is 0.407. The maximum atomic E-state index is 5.65. The molecule has 2 fully saturated rings. The second-order valence-electron chi connectivity index (χ2n) is 7.89. The van der Waals surface area contributed by atoms with Crippen LogP contribution in [0.1, 0.15) is 31.2 Å². The van der Waals surface area contributed by atoms with Crippen LogP contribution in [0.2, 0.25) is 0 Å². The Morgan fingerprint density at radius 2 is 2.04 bits per heavy atom. The molecule has 28 heavy (non-hydrogen) atoms. The summed E-state index contributed by atoms with van der Waals surface area (Å²) < 4.78 is 5.65. The third-order valence-electron chi connectivity index (χ3n) is 5.68. The van der Waals surface area contributed by atoms with Crippen molar-refractivity contribution in [2.75, 3.05) is 64.4 Å². The van der Waals surface area contributed by atoms with Crippen LogP contribution in [0.25, 0.3) is 0 Å². The number of piperazine rings is 1. The lowest BCUT2D eigenvalue weighted by Gasteiger charge is -2.36. The number of aryl methyl sites for hydroxylation is 1. The molecule has 1 aromatic carbocycles. The number of nitrogens with one attached hydrogen (secondary N) is 2. The normalized spacial score (nSPS) is 21.1. The van der Waals surface area contributed by atoms with E-state index in [1.807, 2.05) is 7.05 Å². The predicted molar refractivity (Wildman–Crippen MR) is 117 cm³/mol. The van der Waals surface area contributed by atoms with Crippen molar-refractivity contribution in [3.8, 4) is 0 Å². The maximum absolute atomic E-state index is 5.65. The van der Waals surface area contributed by atoms with E-state index in [4.69, 9.17) is 4.74 Å². The average molecular weight is 388 g/mol. The van der Waals surface area contributed by atoms with Crippen LogP contribution in [-0.2, 0) is 4.74 Å². The first-order chi connectivity index (χ1) is 13.7. The third kappa shape index (κ3) is 6.67. The second kappa shape index (κ2) is 11.3. The Morgan fingerprint density at radius 3 is 2.75 bits per heavy atom. The minimum absolute atomic E-state index is 0.344. The lowest BCUT2D eigenvalue weighted by Crippen LogP contribution is -2.46. The van der Waals surface area contributed by atoms with Crippen molar-refractivity contribution in [2.24, 2.45) is 4.99 Å². The molecule has 2 heterocycles. The fraction of sp³-hybridized carbons (Fsp3) is 0.682. The largest absolute Gasteiger partial charge is 0.376 e. The van der Waals surface area contributed by atoms with Crippen LogP contribution < -0.4 is 15.5 Å². The zero-order valence-electron chi connectivity index (χ0n) is 17.6. The number of guanidine groups is 1. The van der Waals surface area contributed by atoms with Crippen molar-refractivity contribution in [2.45, 2.75) is 38.7 Å². The van der Waals surface area contributed by atoms with Crippen LogP contribution in [0.4, 0.5) is 5.69 Å². The number of anilines is 1. The molecule has 6 heteroatoms. The molecule has 0 aromatic heterocycles. The molecular formula is C22H37N5O. The molecule has 2 N–H and O–H groups in total. The molecule has 0 bridgehead atoms. The fourth-order valence-electron chi connectivity index (χ4n) is 3.96. The van der Waals surface area contributed by atoms with Crippen molar-refractivity contribution in [3.63, 3.8) is 0 Å². The first-order valence-corrected chi connectivity index (χ1v) is 10.8. The van der Waals surface area contributed by atoms with Crippen molar-refractivity contribution in [1.82, 2.24) is 15.5 Å². The van der Waals surface area contributed by atoms with Gasteiger partial charge in [-0.3, -0.25) is 9.89 Å². The van der Waals surface area contributed by atoms with Crippen molar-refractivity contribution < 1.29 is 4.74 Å². The van der Waals surface area contributed by atoms with Gasteiger partial charge in [-0.2, -0.15) is 0 Å². The Hall–Kier alpha value is -1.79. The minimum atomic E-state index is 0.344. The molecule has 1 atom stereocenters. The highest BCUT2D eigenvalue weighted by Crippen LogP contribution is 2.17. The molecule has 3 rings (SSSR count). The number of hydrogen-bond acceptors (Lipinski definition) is 4. The van der Waals surface area contributed by atoms with Crippen LogP contribution in [0, 0.1) is 6.92 Å². The molecule has 0 saturated carbocycles. The zero-order chi connectivity index (χ0) is 19.6. The van der Waals surface area contributed by atoms with Gasteiger partial charge in [0, 0.05) is 58.6 Å². The van der Waals surface area contributed by atoms with Gasteiger partial charge in [0.15, 0.2) is 5.96 Å². The summed E-state index contributed by atoms with van der Waals surface area (Å²) in [6, 6.07) is 8.85. The maximum Gasteiger partial charge on any atom is 0.191 e.